The molecule has 2 rings (SSSR count). The van der Waals surface area contributed by atoms with Crippen LogP contribution in [0.2, 0.25) is 0 Å². The van der Waals surface area contributed by atoms with Gasteiger partial charge in [0.15, 0.2) is 0 Å². The van der Waals surface area contributed by atoms with Crippen LogP contribution in [0.15, 0.2) is 28.1 Å². The Morgan fingerprint density at radius 3 is 2.39 bits per heavy atom. The summed E-state index contributed by atoms with van der Waals surface area (Å²) in [6, 6.07) is 6.82. The Hall–Kier alpha value is 0.573. The molecule has 2 atom stereocenters. The molecule has 23 heavy (non-hydrogen) atoms. The molecule has 1 saturated carbocycles. The Labute approximate surface area is 165 Å². The van der Waals surface area contributed by atoms with Gasteiger partial charge in [0.05, 0.1) is 6.04 Å². The molecule has 1 aliphatic carbocycles. The predicted molar refractivity (Wildman–Crippen MR) is 101 cm³/mol. The molecule has 0 spiro atoms. The zero-order chi connectivity index (χ0) is 17.5. The van der Waals surface area contributed by atoms with Crippen LogP contribution in [0.3, 0.4) is 0 Å². The summed E-state index contributed by atoms with van der Waals surface area (Å²) in [7, 11) is 9.87. The molecular weight excluding hydrogens is 424 g/mol. The molecule has 128 valence electrons. The molecule has 2 unspecified atom stereocenters. The monoisotopic (exact) mass is 448 g/mol. The van der Waals surface area contributed by atoms with E-state index in [1.807, 2.05) is 6.21 Å². The minimum absolute atomic E-state index is 0.0963. The van der Waals surface area contributed by atoms with Crippen LogP contribution in [0.1, 0.15) is 64.5 Å². The van der Waals surface area contributed by atoms with Gasteiger partial charge >= 0.3 is 37.9 Å². The number of aliphatic imine (C=N–C) groups is 1. The molecule has 0 radical (unpaired) electrons. The Balaban J connectivity index is 0.000000816. The number of rotatable bonds is 2. The molecule has 0 bridgehead atoms. The van der Waals surface area contributed by atoms with Gasteiger partial charge in [-0.3, -0.25) is 4.99 Å². The standard InChI is InChI=1S/C18H27NS.2ClH.Zr/c1-13-8-5-6-11-16(13)19-12-14-9-7-10-15(17(14)20)18(2,3)4;;;/h7,9-10,12-13,16,20H,5-6,8,11H2,1-4H3;2*1H;/q;;;+2/p-3. The number of hydrogen-bond donors (Lipinski definition) is 0. The van der Waals surface area contributed by atoms with E-state index in [0.29, 0.717) is 12.0 Å². The van der Waals surface area contributed by atoms with Crippen LogP contribution in [-0.2, 0) is 38.9 Å². The van der Waals surface area contributed by atoms with Crippen molar-refractivity contribution in [2.24, 2.45) is 10.9 Å². The Morgan fingerprint density at radius 1 is 1.22 bits per heavy atom. The van der Waals surface area contributed by atoms with E-state index in [1.54, 1.807) is 0 Å². The Bertz CT molecular complexity index is 514. The van der Waals surface area contributed by atoms with E-state index < -0.39 is 20.8 Å². The second-order valence-corrected chi connectivity index (χ2v) is 11.3. The molecule has 5 heteroatoms. The fraction of sp³-hybridized carbons (Fsp3) is 0.611. The van der Waals surface area contributed by atoms with Gasteiger partial charge < -0.3 is 12.6 Å². The van der Waals surface area contributed by atoms with Crippen LogP contribution in [0, 0.1) is 5.92 Å². The van der Waals surface area contributed by atoms with Crippen LogP contribution in [-0.4, -0.2) is 12.3 Å². The minimum atomic E-state index is -0.826. The maximum absolute atomic E-state index is 5.65. The van der Waals surface area contributed by atoms with Crippen molar-refractivity contribution in [1.82, 2.24) is 0 Å². The maximum atomic E-state index is 5.65. The average Bonchev–Trinajstić information content (AvgIpc) is 2.47. The summed E-state index contributed by atoms with van der Waals surface area (Å²) >= 11 is 4.82. The van der Waals surface area contributed by atoms with Gasteiger partial charge in [0.1, 0.15) is 0 Å². The molecular formula is C18H26Cl2NSZr-. The quantitative estimate of drug-likeness (QED) is 0.382. The van der Waals surface area contributed by atoms with Crippen LogP contribution >= 0.6 is 17.0 Å². The van der Waals surface area contributed by atoms with Gasteiger partial charge in [-0.25, -0.2) is 0 Å². The molecule has 0 heterocycles. The topological polar surface area (TPSA) is 12.4 Å². The first-order valence-corrected chi connectivity index (χ1v) is 14.8. The van der Waals surface area contributed by atoms with Crippen molar-refractivity contribution in [1.29, 1.82) is 0 Å². The summed E-state index contributed by atoms with van der Waals surface area (Å²) in [5, 5.41) is 0. The van der Waals surface area contributed by atoms with Crippen LogP contribution in [0.5, 0.6) is 0 Å². The van der Waals surface area contributed by atoms with Crippen molar-refractivity contribution < 1.29 is 20.8 Å². The summed E-state index contributed by atoms with van der Waals surface area (Å²) in [5.41, 5.74) is 2.44. The molecule has 0 saturated heterocycles. The second-order valence-electron chi connectivity index (χ2n) is 7.15. The summed E-state index contributed by atoms with van der Waals surface area (Å²) in [4.78, 5) is 5.79. The third-order valence-electron chi connectivity index (χ3n) is 4.32. The van der Waals surface area contributed by atoms with Crippen molar-refractivity contribution in [2.45, 2.75) is 69.7 Å². The van der Waals surface area contributed by atoms with E-state index in [1.165, 1.54) is 31.2 Å². The van der Waals surface area contributed by atoms with E-state index in [2.05, 4.69) is 45.9 Å². The summed E-state index contributed by atoms with van der Waals surface area (Å²) in [6.45, 7) is 8.95. The van der Waals surface area contributed by atoms with Crippen molar-refractivity contribution in [3.8, 4) is 0 Å². The first-order valence-electron chi connectivity index (χ1n) is 8.11. The van der Waals surface area contributed by atoms with Crippen molar-refractivity contribution in [3.63, 3.8) is 0 Å². The molecule has 0 N–H and O–H groups in total. The molecule has 0 amide bonds. The second kappa shape index (κ2) is 10.5. The molecule has 1 fully saturated rings. The molecule has 1 aromatic rings. The SMILES string of the molecule is CC1CCCCC1N=Cc1cccc(C(C)(C)C)c1[S-].[Cl][Zr][Cl]. The zero-order valence-electron chi connectivity index (χ0n) is 14.4. The average molecular weight is 451 g/mol. The zero-order valence-corrected chi connectivity index (χ0v) is 19.2. The van der Waals surface area contributed by atoms with E-state index >= 15 is 0 Å². The summed E-state index contributed by atoms with van der Waals surface area (Å²) < 4.78 is 0. The van der Waals surface area contributed by atoms with E-state index in [-0.39, 0.29) is 5.41 Å². The fourth-order valence-electron chi connectivity index (χ4n) is 2.94. The van der Waals surface area contributed by atoms with E-state index in [4.69, 9.17) is 34.6 Å². The van der Waals surface area contributed by atoms with Crippen LogP contribution < -0.4 is 0 Å². The summed E-state index contributed by atoms with van der Waals surface area (Å²) in [6.07, 6.45) is 7.23. The van der Waals surface area contributed by atoms with E-state index in [0.717, 1.165) is 10.5 Å². The molecule has 0 aromatic heterocycles. The third-order valence-corrected chi connectivity index (χ3v) is 4.78. The van der Waals surface area contributed by atoms with Gasteiger partial charge in [-0.05, 0) is 29.7 Å². The number of hydrogen-bond acceptors (Lipinski definition) is 2. The number of nitrogens with zero attached hydrogens (tertiary/aromatic N) is 1. The molecule has 1 nitrogen and oxygen atoms in total. The van der Waals surface area contributed by atoms with Crippen LogP contribution in [0.4, 0.5) is 0 Å². The van der Waals surface area contributed by atoms with E-state index in [9.17, 15) is 0 Å². The van der Waals surface area contributed by atoms with Gasteiger partial charge in [-0.15, -0.1) is 0 Å². The van der Waals surface area contributed by atoms with Gasteiger partial charge in [0, 0.05) is 6.21 Å². The predicted octanol–water partition coefficient (Wildman–Crippen LogP) is 6.26. The van der Waals surface area contributed by atoms with Crippen molar-refractivity contribution >= 4 is 35.9 Å². The third kappa shape index (κ3) is 7.14. The molecule has 1 aromatic carbocycles. The van der Waals surface area contributed by atoms with Gasteiger partial charge in [-0.1, -0.05) is 64.3 Å². The van der Waals surface area contributed by atoms with Gasteiger partial charge in [-0.2, -0.15) is 4.90 Å². The first kappa shape index (κ1) is 21.6. The first-order chi connectivity index (χ1) is 10.8. The van der Waals surface area contributed by atoms with Gasteiger partial charge in [0.2, 0.25) is 0 Å². The number of halogens is 2. The normalized spacial score (nSPS) is 21.7. The summed E-state index contributed by atoms with van der Waals surface area (Å²) in [5.74, 6) is 0.708. The van der Waals surface area contributed by atoms with Gasteiger partial charge in [0.25, 0.3) is 0 Å². The molecule has 1 aliphatic rings. The van der Waals surface area contributed by atoms with Crippen molar-refractivity contribution in [2.75, 3.05) is 0 Å². The Morgan fingerprint density at radius 2 is 1.83 bits per heavy atom. The van der Waals surface area contributed by atoms with Crippen LogP contribution in [0.25, 0.3) is 0 Å². The fourth-order valence-corrected chi connectivity index (χ4v) is 3.44. The Kier molecular flexibility index (Phi) is 9.90. The number of benzene rings is 1. The van der Waals surface area contributed by atoms with Crippen molar-refractivity contribution in [3.05, 3.63) is 29.3 Å². The molecule has 0 aliphatic heterocycles.